The number of allylic oxidation sites excluding steroid dienone is 4. The second kappa shape index (κ2) is 8.36. The zero-order valence-corrected chi connectivity index (χ0v) is 12.6. The maximum atomic E-state index is 11.4. The first-order chi connectivity index (χ1) is 9.50. The second-order valence-electron chi connectivity index (χ2n) is 5.41. The highest BCUT2D eigenvalue weighted by Crippen LogP contribution is 2.21. The van der Waals surface area contributed by atoms with Gasteiger partial charge >= 0.3 is 5.97 Å². The fourth-order valence-electron chi connectivity index (χ4n) is 2.07. The van der Waals surface area contributed by atoms with Crippen LogP contribution in [0, 0.1) is 0 Å². The van der Waals surface area contributed by atoms with E-state index in [9.17, 15) is 9.90 Å². The summed E-state index contributed by atoms with van der Waals surface area (Å²) in [7, 11) is 0. The van der Waals surface area contributed by atoms with Crippen LogP contribution in [-0.4, -0.2) is 11.1 Å². The Kier molecular flexibility index (Phi) is 6.78. The molecule has 1 aromatic carbocycles. The smallest absolute Gasteiger partial charge is 0.311 e. The second-order valence-corrected chi connectivity index (χ2v) is 5.41. The summed E-state index contributed by atoms with van der Waals surface area (Å²) < 4.78 is 0. The van der Waals surface area contributed by atoms with Crippen molar-refractivity contribution in [1.82, 2.24) is 0 Å². The van der Waals surface area contributed by atoms with Gasteiger partial charge in [-0.1, -0.05) is 53.6 Å². The molecule has 0 spiro atoms. The topological polar surface area (TPSA) is 37.3 Å². The summed E-state index contributed by atoms with van der Waals surface area (Å²) in [4.78, 5) is 11.4. The summed E-state index contributed by atoms with van der Waals surface area (Å²) in [5, 5.41) is 9.35. The zero-order valence-electron chi connectivity index (χ0n) is 12.6. The molecule has 20 heavy (non-hydrogen) atoms. The SMILES string of the molecule is CC(C)=CCC/C(C)=C\CC(C(=O)O)c1ccccc1. The summed E-state index contributed by atoms with van der Waals surface area (Å²) in [6, 6.07) is 9.44. The number of carboxylic acids is 1. The Morgan fingerprint density at radius 1 is 1.15 bits per heavy atom. The van der Waals surface area contributed by atoms with Gasteiger partial charge in [0.25, 0.3) is 0 Å². The van der Waals surface area contributed by atoms with Crippen molar-refractivity contribution in [2.45, 2.75) is 46.0 Å². The van der Waals surface area contributed by atoms with Crippen LogP contribution in [0.2, 0.25) is 0 Å². The molecule has 1 atom stereocenters. The van der Waals surface area contributed by atoms with Gasteiger partial charge in [0, 0.05) is 0 Å². The Morgan fingerprint density at radius 3 is 2.35 bits per heavy atom. The normalized spacial score (nSPS) is 12.8. The van der Waals surface area contributed by atoms with E-state index in [0.29, 0.717) is 6.42 Å². The van der Waals surface area contributed by atoms with Gasteiger partial charge in [0.15, 0.2) is 0 Å². The lowest BCUT2D eigenvalue weighted by Crippen LogP contribution is -2.10. The van der Waals surface area contributed by atoms with E-state index in [4.69, 9.17) is 0 Å². The van der Waals surface area contributed by atoms with Crippen LogP contribution in [-0.2, 0) is 4.79 Å². The molecule has 0 aliphatic carbocycles. The van der Waals surface area contributed by atoms with Crippen molar-refractivity contribution in [2.75, 3.05) is 0 Å². The predicted octanol–water partition coefficient (Wildman–Crippen LogP) is 4.94. The number of hydrogen-bond donors (Lipinski definition) is 1. The summed E-state index contributed by atoms with van der Waals surface area (Å²) in [6.07, 6.45) is 6.84. The van der Waals surface area contributed by atoms with Gasteiger partial charge in [-0.25, -0.2) is 0 Å². The molecular weight excluding hydrogens is 248 g/mol. The minimum atomic E-state index is -0.760. The van der Waals surface area contributed by atoms with Crippen LogP contribution >= 0.6 is 0 Å². The van der Waals surface area contributed by atoms with Crippen LogP contribution < -0.4 is 0 Å². The van der Waals surface area contributed by atoms with Crippen LogP contribution in [0.1, 0.15) is 51.5 Å². The van der Waals surface area contributed by atoms with Crippen LogP contribution in [0.4, 0.5) is 0 Å². The summed E-state index contributed by atoms with van der Waals surface area (Å²) in [5.41, 5.74) is 3.45. The van der Waals surface area contributed by atoms with Crippen molar-refractivity contribution in [3.05, 3.63) is 59.2 Å². The Bertz CT molecular complexity index is 479. The predicted molar refractivity (Wildman–Crippen MR) is 83.9 cm³/mol. The molecule has 0 amide bonds. The van der Waals surface area contributed by atoms with Crippen LogP contribution in [0.25, 0.3) is 0 Å². The van der Waals surface area contributed by atoms with Crippen molar-refractivity contribution < 1.29 is 9.90 Å². The van der Waals surface area contributed by atoms with Gasteiger partial charge in [-0.2, -0.15) is 0 Å². The quantitative estimate of drug-likeness (QED) is 0.714. The highest BCUT2D eigenvalue weighted by atomic mass is 16.4. The summed E-state index contributed by atoms with van der Waals surface area (Å²) in [6.45, 7) is 6.26. The van der Waals surface area contributed by atoms with Crippen molar-refractivity contribution >= 4 is 5.97 Å². The third kappa shape index (κ3) is 5.87. The van der Waals surface area contributed by atoms with E-state index in [0.717, 1.165) is 18.4 Å². The molecule has 0 aliphatic rings. The molecule has 0 aromatic heterocycles. The number of carboxylic acid groups (broad SMARTS) is 1. The molecule has 0 bridgehead atoms. The third-order valence-electron chi connectivity index (χ3n) is 3.29. The van der Waals surface area contributed by atoms with E-state index in [2.05, 4.69) is 32.9 Å². The van der Waals surface area contributed by atoms with Gasteiger partial charge in [-0.05, 0) is 45.6 Å². The van der Waals surface area contributed by atoms with Gasteiger partial charge in [-0.3, -0.25) is 4.79 Å². The lowest BCUT2D eigenvalue weighted by Gasteiger charge is -2.11. The molecule has 1 unspecified atom stereocenters. The van der Waals surface area contributed by atoms with Gasteiger partial charge in [-0.15, -0.1) is 0 Å². The van der Waals surface area contributed by atoms with Crippen molar-refractivity contribution in [2.24, 2.45) is 0 Å². The molecule has 1 rings (SSSR count). The lowest BCUT2D eigenvalue weighted by atomic mass is 9.94. The summed E-state index contributed by atoms with van der Waals surface area (Å²) >= 11 is 0. The average molecular weight is 272 g/mol. The largest absolute Gasteiger partial charge is 0.481 e. The molecule has 2 nitrogen and oxygen atoms in total. The van der Waals surface area contributed by atoms with E-state index < -0.39 is 11.9 Å². The molecule has 0 fully saturated rings. The van der Waals surface area contributed by atoms with E-state index in [-0.39, 0.29) is 0 Å². The van der Waals surface area contributed by atoms with E-state index in [1.54, 1.807) is 0 Å². The molecule has 2 heteroatoms. The number of hydrogen-bond acceptors (Lipinski definition) is 1. The maximum Gasteiger partial charge on any atom is 0.311 e. The minimum absolute atomic E-state index is 0.449. The molecule has 0 saturated carbocycles. The van der Waals surface area contributed by atoms with Gasteiger partial charge in [0.1, 0.15) is 0 Å². The number of aliphatic carboxylic acids is 1. The van der Waals surface area contributed by atoms with E-state index >= 15 is 0 Å². The van der Waals surface area contributed by atoms with Crippen molar-refractivity contribution in [3.8, 4) is 0 Å². The Labute approximate surface area is 121 Å². The molecule has 108 valence electrons. The first kappa shape index (κ1) is 16.2. The minimum Gasteiger partial charge on any atom is -0.481 e. The number of carbonyl (C=O) groups is 1. The molecule has 0 radical (unpaired) electrons. The molecule has 1 aromatic rings. The molecular formula is C18H24O2. The van der Waals surface area contributed by atoms with Crippen LogP contribution in [0.5, 0.6) is 0 Å². The van der Waals surface area contributed by atoms with Gasteiger partial charge in [0.05, 0.1) is 5.92 Å². The Hall–Kier alpha value is -1.83. The lowest BCUT2D eigenvalue weighted by molar-refractivity contribution is -0.138. The number of benzene rings is 1. The first-order valence-corrected chi connectivity index (χ1v) is 7.07. The summed E-state index contributed by atoms with van der Waals surface area (Å²) in [5.74, 6) is -1.21. The fourth-order valence-corrected chi connectivity index (χ4v) is 2.07. The molecule has 0 aliphatic heterocycles. The first-order valence-electron chi connectivity index (χ1n) is 7.07. The average Bonchev–Trinajstić information content (AvgIpc) is 2.39. The molecule has 0 heterocycles. The Balaban J connectivity index is 2.63. The third-order valence-corrected chi connectivity index (χ3v) is 3.29. The van der Waals surface area contributed by atoms with E-state index in [1.807, 2.05) is 30.3 Å². The highest BCUT2D eigenvalue weighted by Gasteiger charge is 2.17. The Morgan fingerprint density at radius 2 is 1.80 bits per heavy atom. The molecule has 1 N–H and O–H groups in total. The van der Waals surface area contributed by atoms with Crippen molar-refractivity contribution in [1.29, 1.82) is 0 Å². The van der Waals surface area contributed by atoms with Gasteiger partial charge in [0.2, 0.25) is 0 Å². The maximum absolute atomic E-state index is 11.4. The zero-order chi connectivity index (χ0) is 15.0. The van der Waals surface area contributed by atoms with E-state index in [1.165, 1.54) is 11.1 Å². The van der Waals surface area contributed by atoms with Crippen LogP contribution in [0.15, 0.2) is 53.6 Å². The molecule has 0 saturated heterocycles. The standard InChI is InChI=1S/C18H24O2/c1-14(2)8-7-9-15(3)12-13-17(18(19)20)16-10-5-4-6-11-16/h4-6,8,10-12,17H,7,9,13H2,1-3H3,(H,19,20)/b15-12-. The van der Waals surface area contributed by atoms with Gasteiger partial charge < -0.3 is 5.11 Å². The number of rotatable bonds is 7. The van der Waals surface area contributed by atoms with Crippen molar-refractivity contribution in [3.63, 3.8) is 0 Å². The monoisotopic (exact) mass is 272 g/mol. The van der Waals surface area contributed by atoms with Crippen LogP contribution in [0.3, 0.4) is 0 Å². The fraction of sp³-hybridized carbons (Fsp3) is 0.389. The highest BCUT2D eigenvalue weighted by molar-refractivity contribution is 5.76.